The number of methoxy groups -OCH3 is 1. The normalized spacial score (nSPS) is 22.0. The number of aromatic nitrogens is 1. The Balaban J connectivity index is 1.61. The smallest absolute Gasteiger partial charge is 0.356 e. The van der Waals surface area contributed by atoms with Gasteiger partial charge in [-0.2, -0.15) is 0 Å². The molecule has 0 bridgehead atoms. The van der Waals surface area contributed by atoms with E-state index in [1.54, 1.807) is 6.07 Å². The lowest BCUT2D eigenvalue weighted by Crippen LogP contribution is -2.71. The molecule has 2 saturated heterocycles. The van der Waals surface area contributed by atoms with Gasteiger partial charge in [-0.15, -0.1) is 0 Å². The number of carbonyl (C=O) groups is 1. The van der Waals surface area contributed by atoms with Crippen LogP contribution in [0.4, 0.5) is 5.69 Å². The third-order valence-corrected chi connectivity index (χ3v) is 4.79. The summed E-state index contributed by atoms with van der Waals surface area (Å²) in [5.41, 5.74) is 1.37. The monoisotopic (exact) mass is 304 g/mol. The second-order valence-electron chi connectivity index (χ2n) is 6.39. The van der Waals surface area contributed by atoms with E-state index in [4.69, 9.17) is 14.2 Å². The molecule has 0 aromatic carbocycles. The molecule has 0 radical (unpaired) electrons. The molecule has 0 atom stereocenters. The number of esters is 1. The molecule has 6 heteroatoms. The maximum absolute atomic E-state index is 11.7. The zero-order valence-corrected chi connectivity index (χ0v) is 12.7. The zero-order valence-electron chi connectivity index (χ0n) is 12.7. The summed E-state index contributed by atoms with van der Waals surface area (Å²) in [7, 11) is 1.36. The minimum atomic E-state index is -0.437. The van der Waals surface area contributed by atoms with Gasteiger partial charge in [0.1, 0.15) is 5.69 Å². The number of hydrogen-bond donors (Lipinski definition) is 0. The maximum atomic E-state index is 11.7. The Kier molecular flexibility index (Phi) is 3.22. The molecule has 1 aromatic heterocycles. The molecule has 6 nitrogen and oxygen atoms in total. The van der Waals surface area contributed by atoms with Gasteiger partial charge in [0.25, 0.3) is 0 Å². The van der Waals surface area contributed by atoms with Gasteiger partial charge in [-0.3, -0.25) is 0 Å². The molecule has 1 aromatic rings. The summed E-state index contributed by atoms with van der Waals surface area (Å²) in [5.74, 6) is 0.739. The largest absolute Gasteiger partial charge is 0.476 e. The summed E-state index contributed by atoms with van der Waals surface area (Å²) >= 11 is 0. The van der Waals surface area contributed by atoms with Gasteiger partial charge in [-0.1, -0.05) is 0 Å². The van der Waals surface area contributed by atoms with E-state index >= 15 is 0 Å². The van der Waals surface area contributed by atoms with Crippen LogP contribution in [0.2, 0.25) is 0 Å². The molecule has 118 valence electrons. The highest BCUT2D eigenvalue weighted by atomic mass is 16.5. The number of pyridine rings is 1. The van der Waals surface area contributed by atoms with Crippen LogP contribution in [0.15, 0.2) is 12.1 Å². The summed E-state index contributed by atoms with van der Waals surface area (Å²) < 4.78 is 16.0. The Morgan fingerprint density at radius 2 is 2.27 bits per heavy atom. The lowest BCUT2D eigenvalue weighted by molar-refractivity contribution is -0.0849. The molecule has 3 heterocycles. The van der Waals surface area contributed by atoms with Crippen LogP contribution >= 0.6 is 0 Å². The van der Waals surface area contributed by atoms with Crippen molar-refractivity contribution in [2.75, 3.05) is 38.4 Å². The Hall–Kier alpha value is -1.82. The van der Waals surface area contributed by atoms with Gasteiger partial charge in [0, 0.05) is 6.54 Å². The third kappa shape index (κ3) is 2.22. The lowest BCUT2D eigenvalue weighted by Gasteiger charge is -2.58. The summed E-state index contributed by atoms with van der Waals surface area (Å²) in [6.07, 6.45) is 3.56. The predicted octanol–water partition coefficient (Wildman–Crippen LogP) is 1.64. The molecule has 1 aliphatic carbocycles. The van der Waals surface area contributed by atoms with Gasteiger partial charge < -0.3 is 19.1 Å². The van der Waals surface area contributed by atoms with E-state index in [9.17, 15) is 4.79 Å². The average molecular weight is 304 g/mol. The second-order valence-corrected chi connectivity index (χ2v) is 6.39. The van der Waals surface area contributed by atoms with Gasteiger partial charge in [-0.05, 0) is 37.3 Å². The van der Waals surface area contributed by atoms with Crippen LogP contribution in [0.1, 0.15) is 29.8 Å². The van der Waals surface area contributed by atoms with Crippen LogP contribution < -0.4 is 9.64 Å². The van der Waals surface area contributed by atoms with E-state index < -0.39 is 5.97 Å². The second kappa shape index (κ2) is 5.12. The molecule has 2 aliphatic heterocycles. The van der Waals surface area contributed by atoms with Crippen molar-refractivity contribution < 1.29 is 19.0 Å². The van der Waals surface area contributed by atoms with Crippen LogP contribution in [-0.4, -0.2) is 50.0 Å². The number of nitrogens with zero attached hydrogens (tertiary/aromatic N) is 2. The van der Waals surface area contributed by atoms with E-state index in [0.717, 1.165) is 31.9 Å². The van der Waals surface area contributed by atoms with Crippen molar-refractivity contribution in [2.45, 2.75) is 24.8 Å². The highest BCUT2D eigenvalue weighted by molar-refractivity contribution is 5.88. The summed E-state index contributed by atoms with van der Waals surface area (Å²) in [6.45, 7) is 3.16. The minimum Gasteiger partial charge on any atom is -0.476 e. The van der Waals surface area contributed by atoms with Crippen molar-refractivity contribution in [3.05, 3.63) is 17.8 Å². The van der Waals surface area contributed by atoms with Crippen molar-refractivity contribution in [1.29, 1.82) is 0 Å². The van der Waals surface area contributed by atoms with Crippen LogP contribution in [0.25, 0.3) is 0 Å². The molecule has 4 rings (SSSR count). The molecule has 0 unspecified atom stereocenters. The number of hydrogen-bond acceptors (Lipinski definition) is 6. The van der Waals surface area contributed by atoms with Crippen LogP contribution in [0.5, 0.6) is 5.88 Å². The SMILES string of the molecule is COC(=O)c1ccc(N2CCC23COC3)c(OCC2CC2)n1. The highest BCUT2D eigenvalue weighted by Crippen LogP contribution is 2.44. The fourth-order valence-corrected chi connectivity index (χ4v) is 3.00. The fraction of sp³-hybridized carbons (Fsp3) is 0.625. The lowest BCUT2D eigenvalue weighted by atomic mass is 9.82. The van der Waals surface area contributed by atoms with Crippen molar-refractivity contribution in [2.24, 2.45) is 5.92 Å². The quantitative estimate of drug-likeness (QED) is 0.771. The summed E-state index contributed by atoms with van der Waals surface area (Å²) in [6, 6.07) is 3.62. The fourth-order valence-electron chi connectivity index (χ4n) is 3.00. The molecule has 3 aliphatic rings. The molecular formula is C16H20N2O4. The number of rotatable bonds is 5. The number of ether oxygens (including phenoxy) is 3. The third-order valence-electron chi connectivity index (χ3n) is 4.79. The van der Waals surface area contributed by atoms with Gasteiger partial charge in [0.2, 0.25) is 5.88 Å². The van der Waals surface area contributed by atoms with Crippen molar-refractivity contribution >= 4 is 11.7 Å². The molecule has 1 spiro atoms. The molecular weight excluding hydrogens is 284 g/mol. The zero-order chi connectivity index (χ0) is 15.2. The first kappa shape index (κ1) is 13.8. The maximum Gasteiger partial charge on any atom is 0.356 e. The standard InChI is InChI=1S/C16H20N2O4/c1-20-15(19)12-4-5-13(14(17-12)22-8-11-2-3-11)18-7-6-16(18)9-21-10-16/h4-5,11H,2-3,6-10H2,1H3. The Morgan fingerprint density at radius 3 is 2.82 bits per heavy atom. The number of anilines is 1. The van der Waals surface area contributed by atoms with Crippen molar-refractivity contribution in [1.82, 2.24) is 4.98 Å². The van der Waals surface area contributed by atoms with Crippen LogP contribution in [-0.2, 0) is 9.47 Å². The first-order valence-electron chi connectivity index (χ1n) is 7.79. The van der Waals surface area contributed by atoms with Gasteiger partial charge in [0.15, 0.2) is 5.69 Å². The molecule has 1 saturated carbocycles. The van der Waals surface area contributed by atoms with E-state index in [2.05, 4.69) is 9.88 Å². The number of carbonyl (C=O) groups excluding carboxylic acids is 1. The van der Waals surface area contributed by atoms with E-state index in [-0.39, 0.29) is 11.2 Å². The first-order chi connectivity index (χ1) is 10.7. The molecule has 22 heavy (non-hydrogen) atoms. The molecule has 0 N–H and O–H groups in total. The molecule has 3 fully saturated rings. The summed E-state index contributed by atoms with van der Waals surface area (Å²) in [5, 5.41) is 0. The predicted molar refractivity (Wildman–Crippen MR) is 79.3 cm³/mol. The topological polar surface area (TPSA) is 60.9 Å². The Labute approximate surface area is 129 Å². The van der Waals surface area contributed by atoms with Crippen molar-refractivity contribution in [3.63, 3.8) is 0 Å². The molecule has 0 amide bonds. The van der Waals surface area contributed by atoms with Gasteiger partial charge in [0.05, 0.1) is 32.5 Å². The summed E-state index contributed by atoms with van der Waals surface area (Å²) in [4.78, 5) is 18.4. The van der Waals surface area contributed by atoms with Crippen LogP contribution in [0.3, 0.4) is 0 Å². The first-order valence-corrected chi connectivity index (χ1v) is 7.79. The minimum absolute atomic E-state index is 0.117. The van der Waals surface area contributed by atoms with E-state index in [1.807, 2.05) is 6.07 Å². The van der Waals surface area contributed by atoms with E-state index in [0.29, 0.717) is 18.4 Å². The van der Waals surface area contributed by atoms with Gasteiger partial charge in [-0.25, -0.2) is 9.78 Å². The Bertz CT molecular complexity index is 590. The average Bonchev–Trinajstić information content (AvgIpc) is 3.27. The highest BCUT2D eigenvalue weighted by Gasteiger charge is 2.51. The van der Waals surface area contributed by atoms with Crippen molar-refractivity contribution in [3.8, 4) is 5.88 Å². The van der Waals surface area contributed by atoms with Gasteiger partial charge >= 0.3 is 5.97 Å². The van der Waals surface area contributed by atoms with Crippen LogP contribution in [0, 0.1) is 5.92 Å². The Morgan fingerprint density at radius 1 is 1.45 bits per heavy atom. The van der Waals surface area contributed by atoms with E-state index in [1.165, 1.54) is 20.0 Å².